The van der Waals surface area contributed by atoms with E-state index in [1.807, 2.05) is 0 Å². The van der Waals surface area contributed by atoms with Crippen molar-refractivity contribution in [1.29, 1.82) is 0 Å². The van der Waals surface area contributed by atoms with E-state index in [-0.39, 0.29) is 5.78 Å². The van der Waals surface area contributed by atoms with Crippen molar-refractivity contribution in [2.24, 2.45) is 0 Å². The van der Waals surface area contributed by atoms with E-state index >= 15 is 0 Å². The van der Waals surface area contributed by atoms with Gasteiger partial charge in [-0.15, -0.1) is 0 Å². The van der Waals surface area contributed by atoms with Crippen LogP contribution in [0.5, 0.6) is 0 Å². The second-order valence-corrected chi connectivity index (χ2v) is 5.19. The first-order chi connectivity index (χ1) is 9.97. The molecule has 0 N–H and O–H groups in total. The number of ketones is 1. The summed E-state index contributed by atoms with van der Waals surface area (Å²) in [4.78, 5) is 11.9. The molecule has 2 aromatic rings. The molecule has 4 heteroatoms. The summed E-state index contributed by atoms with van der Waals surface area (Å²) in [5.74, 6) is 0.0741. The number of hydrogen-bond acceptors (Lipinski definition) is 1. The number of halogens is 3. The van der Waals surface area contributed by atoms with Gasteiger partial charge in [-0.2, -0.15) is 13.2 Å². The zero-order chi connectivity index (χ0) is 15.0. The van der Waals surface area contributed by atoms with Crippen molar-refractivity contribution in [3.8, 4) is 11.1 Å². The number of benzene rings is 2. The van der Waals surface area contributed by atoms with Gasteiger partial charge in [0, 0.05) is 12.0 Å². The molecule has 0 saturated heterocycles. The lowest BCUT2D eigenvalue weighted by Crippen LogP contribution is -2.12. The largest absolute Gasteiger partial charge is 0.416 e. The van der Waals surface area contributed by atoms with Crippen LogP contribution in [0.4, 0.5) is 13.2 Å². The van der Waals surface area contributed by atoms with E-state index in [1.165, 1.54) is 6.07 Å². The second-order valence-electron chi connectivity index (χ2n) is 5.19. The molecule has 0 unspecified atom stereocenters. The van der Waals surface area contributed by atoms with E-state index in [4.69, 9.17) is 0 Å². The molecule has 0 saturated carbocycles. The van der Waals surface area contributed by atoms with Crippen molar-refractivity contribution in [1.82, 2.24) is 0 Å². The molecule has 0 atom stereocenters. The van der Waals surface area contributed by atoms with Gasteiger partial charge >= 0.3 is 6.18 Å². The third-order valence-electron chi connectivity index (χ3n) is 3.81. The minimum absolute atomic E-state index is 0.0741. The second kappa shape index (κ2) is 5.02. The summed E-state index contributed by atoms with van der Waals surface area (Å²) in [6.07, 6.45) is -2.37. The Kier molecular flexibility index (Phi) is 3.32. The normalized spacial score (nSPS) is 14.9. The minimum atomic E-state index is -4.36. The molecule has 108 valence electrons. The van der Waals surface area contributed by atoms with Gasteiger partial charge in [0.2, 0.25) is 0 Å². The lowest BCUT2D eigenvalue weighted by Gasteiger charge is -2.19. The van der Waals surface area contributed by atoms with Gasteiger partial charge in [0.1, 0.15) is 0 Å². The van der Waals surface area contributed by atoms with Crippen LogP contribution in [0.3, 0.4) is 0 Å². The van der Waals surface area contributed by atoms with Crippen LogP contribution in [-0.2, 0) is 12.6 Å². The summed E-state index contributed by atoms with van der Waals surface area (Å²) < 4.78 is 38.5. The van der Waals surface area contributed by atoms with Gasteiger partial charge in [-0.3, -0.25) is 4.79 Å². The molecular weight excluding hydrogens is 277 g/mol. The maximum atomic E-state index is 12.8. The number of hydrogen-bond donors (Lipinski definition) is 0. The molecule has 0 heterocycles. The molecule has 0 spiro atoms. The van der Waals surface area contributed by atoms with E-state index in [9.17, 15) is 18.0 Å². The van der Waals surface area contributed by atoms with Gasteiger partial charge in [0.15, 0.2) is 5.78 Å². The molecule has 3 rings (SSSR count). The Bertz CT molecular complexity index is 701. The lowest BCUT2D eigenvalue weighted by atomic mass is 9.85. The fourth-order valence-corrected chi connectivity index (χ4v) is 2.81. The summed E-state index contributed by atoms with van der Waals surface area (Å²) >= 11 is 0. The maximum Gasteiger partial charge on any atom is 0.416 e. The highest BCUT2D eigenvalue weighted by Crippen LogP contribution is 2.35. The number of alkyl halides is 3. The fraction of sp³-hybridized carbons (Fsp3) is 0.235. The van der Waals surface area contributed by atoms with E-state index in [1.54, 1.807) is 24.3 Å². The van der Waals surface area contributed by atoms with Crippen molar-refractivity contribution < 1.29 is 18.0 Å². The van der Waals surface area contributed by atoms with E-state index in [2.05, 4.69) is 0 Å². The van der Waals surface area contributed by atoms with Crippen LogP contribution in [0, 0.1) is 0 Å². The first-order valence-electron chi connectivity index (χ1n) is 6.79. The topological polar surface area (TPSA) is 17.1 Å². The van der Waals surface area contributed by atoms with Crippen molar-refractivity contribution in [2.75, 3.05) is 0 Å². The van der Waals surface area contributed by atoms with E-state index in [0.717, 1.165) is 36.1 Å². The number of fused-ring (bicyclic) bond motifs is 1. The first kappa shape index (κ1) is 13.9. The first-order valence-corrected chi connectivity index (χ1v) is 6.79. The SMILES string of the molecule is O=C1CCCc2c1cccc2-c1cccc(C(F)(F)F)c1. The number of rotatable bonds is 1. The zero-order valence-electron chi connectivity index (χ0n) is 11.2. The van der Waals surface area contributed by atoms with Gasteiger partial charge in [0.25, 0.3) is 0 Å². The van der Waals surface area contributed by atoms with Crippen molar-refractivity contribution >= 4 is 5.78 Å². The third kappa shape index (κ3) is 2.58. The fourth-order valence-electron chi connectivity index (χ4n) is 2.81. The highest BCUT2D eigenvalue weighted by atomic mass is 19.4. The van der Waals surface area contributed by atoms with Gasteiger partial charge in [-0.1, -0.05) is 30.3 Å². The molecular formula is C17H13F3O. The van der Waals surface area contributed by atoms with Crippen LogP contribution >= 0.6 is 0 Å². The summed E-state index contributed by atoms with van der Waals surface area (Å²) in [6.45, 7) is 0. The quantitative estimate of drug-likeness (QED) is 0.730. The molecule has 1 aliphatic rings. The predicted octanol–water partition coefficient (Wildman–Crippen LogP) is 4.89. The standard InChI is InChI=1S/C17H13F3O/c18-17(19,20)12-5-1-4-11(10-12)13-6-2-8-15-14(13)7-3-9-16(15)21/h1-2,4-6,8,10H,3,7,9H2. The highest BCUT2D eigenvalue weighted by Gasteiger charge is 2.30. The Balaban J connectivity index is 2.14. The summed E-state index contributed by atoms with van der Waals surface area (Å²) in [7, 11) is 0. The Morgan fingerprint density at radius 1 is 0.905 bits per heavy atom. The molecule has 1 aliphatic carbocycles. The molecule has 0 aromatic heterocycles. The minimum Gasteiger partial charge on any atom is -0.294 e. The van der Waals surface area contributed by atoms with E-state index < -0.39 is 11.7 Å². The number of carbonyl (C=O) groups is 1. The van der Waals surface area contributed by atoms with Crippen LogP contribution in [0.25, 0.3) is 11.1 Å². The molecule has 2 aromatic carbocycles. The van der Waals surface area contributed by atoms with Crippen molar-refractivity contribution in [3.05, 3.63) is 59.2 Å². The highest BCUT2D eigenvalue weighted by molar-refractivity contribution is 6.00. The van der Waals surface area contributed by atoms with Gasteiger partial charge in [-0.05, 0) is 41.7 Å². The molecule has 0 amide bonds. The Morgan fingerprint density at radius 3 is 2.38 bits per heavy atom. The van der Waals surface area contributed by atoms with Crippen LogP contribution < -0.4 is 0 Å². The molecule has 1 nitrogen and oxygen atoms in total. The van der Waals surface area contributed by atoms with Gasteiger partial charge in [0.05, 0.1) is 5.56 Å². The summed E-state index contributed by atoms with van der Waals surface area (Å²) in [5.41, 5.74) is 2.09. The summed E-state index contributed by atoms with van der Waals surface area (Å²) in [6, 6.07) is 10.5. The number of Topliss-reactive ketones (excluding diaryl/α,β-unsaturated/α-hetero) is 1. The van der Waals surface area contributed by atoms with Crippen LogP contribution in [0.2, 0.25) is 0 Å². The third-order valence-corrected chi connectivity index (χ3v) is 3.81. The molecule has 21 heavy (non-hydrogen) atoms. The number of carbonyl (C=O) groups excluding carboxylic acids is 1. The average molecular weight is 290 g/mol. The smallest absolute Gasteiger partial charge is 0.294 e. The van der Waals surface area contributed by atoms with Gasteiger partial charge in [-0.25, -0.2) is 0 Å². The Hall–Kier alpha value is -2.10. The molecule has 0 bridgehead atoms. The molecule has 0 aliphatic heterocycles. The Labute approximate surface area is 120 Å². The molecule has 0 radical (unpaired) electrons. The van der Waals surface area contributed by atoms with E-state index in [0.29, 0.717) is 17.5 Å². The molecule has 0 fully saturated rings. The van der Waals surface area contributed by atoms with Crippen LogP contribution in [0.15, 0.2) is 42.5 Å². The van der Waals surface area contributed by atoms with Crippen molar-refractivity contribution in [3.63, 3.8) is 0 Å². The van der Waals surface area contributed by atoms with Gasteiger partial charge < -0.3 is 0 Å². The maximum absolute atomic E-state index is 12.8. The lowest BCUT2D eigenvalue weighted by molar-refractivity contribution is -0.137. The monoisotopic (exact) mass is 290 g/mol. The van der Waals surface area contributed by atoms with Crippen molar-refractivity contribution in [2.45, 2.75) is 25.4 Å². The predicted molar refractivity (Wildman–Crippen MR) is 74.1 cm³/mol. The zero-order valence-corrected chi connectivity index (χ0v) is 11.2. The summed E-state index contributed by atoms with van der Waals surface area (Å²) in [5, 5.41) is 0. The Morgan fingerprint density at radius 2 is 1.62 bits per heavy atom. The average Bonchev–Trinajstić information content (AvgIpc) is 2.46. The van der Waals surface area contributed by atoms with Crippen LogP contribution in [-0.4, -0.2) is 5.78 Å². The van der Waals surface area contributed by atoms with Crippen LogP contribution in [0.1, 0.15) is 34.3 Å².